The Kier molecular flexibility index (Phi) is 4.20. The van der Waals surface area contributed by atoms with Crippen LogP contribution < -0.4 is 5.73 Å². The molecule has 2 heterocycles. The van der Waals surface area contributed by atoms with Gasteiger partial charge >= 0.3 is 0 Å². The van der Waals surface area contributed by atoms with Gasteiger partial charge < -0.3 is 10.6 Å². The fraction of sp³-hybridized carbons (Fsp3) is 0.562. The minimum absolute atomic E-state index is 0.329. The number of hydrogen-bond donors (Lipinski definition) is 1. The van der Waals surface area contributed by atoms with Gasteiger partial charge in [-0.15, -0.1) is 0 Å². The smallest absolute Gasteiger partial charge is 0.223 e. The highest BCUT2D eigenvalue weighted by molar-refractivity contribution is 7.99. The van der Waals surface area contributed by atoms with Crippen molar-refractivity contribution in [3.8, 4) is 0 Å². The summed E-state index contributed by atoms with van der Waals surface area (Å²) in [6, 6.07) is 6.04. The molecular weight excluding hydrogens is 268 g/mol. The number of thioether (sulfide) groups is 1. The van der Waals surface area contributed by atoms with Crippen LogP contribution in [-0.2, 0) is 17.8 Å². The topological polar surface area (TPSA) is 46.3 Å². The molecule has 0 radical (unpaired) electrons. The Morgan fingerprint density at radius 2 is 2.15 bits per heavy atom. The average Bonchev–Trinajstić information content (AvgIpc) is 2.48. The summed E-state index contributed by atoms with van der Waals surface area (Å²) in [4.78, 5) is 14.5. The molecule has 0 unspecified atom stereocenters. The zero-order chi connectivity index (χ0) is 13.9. The lowest BCUT2D eigenvalue weighted by Gasteiger charge is -2.31. The fourth-order valence-corrected chi connectivity index (χ4v) is 4.38. The van der Waals surface area contributed by atoms with Crippen LogP contribution in [0, 0.1) is 5.92 Å². The van der Waals surface area contributed by atoms with Crippen molar-refractivity contribution in [1.82, 2.24) is 4.90 Å². The van der Waals surface area contributed by atoms with Crippen molar-refractivity contribution in [3.05, 3.63) is 29.3 Å². The quantitative estimate of drug-likeness (QED) is 0.852. The van der Waals surface area contributed by atoms with Crippen LogP contribution in [0.5, 0.6) is 0 Å². The molecule has 0 aromatic heterocycles. The molecule has 1 fully saturated rings. The van der Waals surface area contributed by atoms with E-state index < -0.39 is 0 Å². The molecule has 0 bridgehead atoms. The maximum Gasteiger partial charge on any atom is 0.223 e. The lowest BCUT2D eigenvalue weighted by molar-refractivity contribution is -0.133. The van der Waals surface area contributed by atoms with Gasteiger partial charge in [0.15, 0.2) is 0 Å². The van der Waals surface area contributed by atoms with Crippen molar-refractivity contribution in [3.63, 3.8) is 0 Å². The summed E-state index contributed by atoms with van der Waals surface area (Å²) in [7, 11) is 0. The first-order chi connectivity index (χ1) is 9.74. The molecule has 108 valence electrons. The highest BCUT2D eigenvalue weighted by Crippen LogP contribution is 2.28. The van der Waals surface area contributed by atoms with Gasteiger partial charge in [0.1, 0.15) is 0 Å². The number of amides is 1. The molecule has 3 rings (SSSR count). The molecule has 2 aliphatic heterocycles. The number of benzene rings is 1. The van der Waals surface area contributed by atoms with E-state index >= 15 is 0 Å². The highest BCUT2D eigenvalue weighted by Gasteiger charge is 2.24. The van der Waals surface area contributed by atoms with Crippen molar-refractivity contribution in [1.29, 1.82) is 0 Å². The van der Waals surface area contributed by atoms with E-state index in [1.54, 1.807) is 0 Å². The monoisotopic (exact) mass is 290 g/mol. The van der Waals surface area contributed by atoms with E-state index in [1.165, 1.54) is 35.5 Å². The molecule has 0 spiro atoms. The number of nitrogens with zero attached hydrogens (tertiary/aromatic N) is 1. The predicted molar refractivity (Wildman–Crippen MR) is 84.6 cm³/mol. The number of carbonyl (C=O) groups excluding carboxylic acids is 1. The minimum atomic E-state index is 0.329. The maximum atomic E-state index is 12.4. The number of anilines is 1. The van der Waals surface area contributed by atoms with Crippen LogP contribution in [0.3, 0.4) is 0 Å². The van der Waals surface area contributed by atoms with E-state index in [2.05, 4.69) is 6.07 Å². The van der Waals surface area contributed by atoms with Crippen LogP contribution >= 0.6 is 11.8 Å². The predicted octanol–water partition coefficient (Wildman–Crippen LogP) is 2.69. The molecule has 1 aromatic carbocycles. The van der Waals surface area contributed by atoms with Crippen LogP contribution in [-0.4, -0.2) is 28.9 Å². The van der Waals surface area contributed by atoms with Gasteiger partial charge in [0.05, 0.1) is 0 Å². The molecule has 1 saturated heterocycles. The Hall–Kier alpha value is -1.16. The molecule has 1 amide bonds. The van der Waals surface area contributed by atoms with Gasteiger partial charge in [-0.3, -0.25) is 4.79 Å². The Balaban J connectivity index is 1.63. The molecule has 0 saturated carbocycles. The van der Waals surface area contributed by atoms with E-state index in [0.717, 1.165) is 31.6 Å². The van der Waals surface area contributed by atoms with Gasteiger partial charge in [-0.1, -0.05) is 12.1 Å². The molecule has 1 aromatic rings. The van der Waals surface area contributed by atoms with Crippen molar-refractivity contribution in [2.75, 3.05) is 23.8 Å². The van der Waals surface area contributed by atoms with Gasteiger partial charge in [0.2, 0.25) is 5.91 Å². The standard InChI is InChI=1S/C16H22N2OS/c17-15-3-1-2-13-11-18(7-4-14(13)15)16(19)10-12-5-8-20-9-6-12/h1-3,12H,4-11,17H2. The lowest BCUT2D eigenvalue weighted by atomic mass is 9.95. The first-order valence-corrected chi connectivity index (χ1v) is 8.61. The number of fused-ring (bicyclic) bond motifs is 1. The Morgan fingerprint density at radius 3 is 2.95 bits per heavy atom. The second-order valence-corrected chi connectivity index (χ2v) is 7.03. The van der Waals surface area contributed by atoms with Crippen molar-refractivity contribution in [2.45, 2.75) is 32.2 Å². The largest absolute Gasteiger partial charge is 0.398 e. The first-order valence-electron chi connectivity index (χ1n) is 7.46. The Bertz CT molecular complexity index is 497. The van der Waals surface area contributed by atoms with Crippen molar-refractivity contribution < 1.29 is 4.79 Å². The van der Waals surface area contributed by atoms with E-state index in [-0.39, 0.29) is 0 Å². The van der Waals surface area contributed by atoms with Crippen LogP contribution in [0.4, 0.5) is 5.69 Å². The third-order valence-electron chi connectivity index (χ3n) is 4.46. The van der Waals surface area contributed by atoms with Gasteiger partial charge in [-0.05, 0) is 53.9 Å². The van der Waals surface area contributed by atoms with Gasteiger partial charge in [0, 0.05) is 25.2 Å². The van der Waals surface area contributed by atoms with Crippen molar-refractivity contribution in [2.24, 2.45) is 5.92 Å². The first kappa shape index (κ1) is 13.8. The van der Waals surface area contributed by atoms with Crippen LogP contribution in [0.25, 0.3) is 0 Å². The molecule has 20 heavy (non-hydrogen) atoms. The zero-order valence-corrected chi connectivity index (χ0v) is 12.6. The number of nitrogen functional groups attached to an aromatic ring is 1. The van der Waals surface area contributed by atoms with Crippen LogP contribution in [0.15, 0.2) is 18.2 Å². The molecule has 2 aliphatic rings. The van der Waals surface area contributed by atoms with E-state index in [1.807, 2.05) is 28.8 Å². The average molecular weight is 290 g/mol. The van der Waals surface area contributed by atoms with E-state index in [4.69, 9.17) is 5.73 Å². The number of rotatable bonds is 2. The maximum absolute atomic E-state index is 12.4. The van der Waals surface area contributed by atoms with Gasteiger partial charge in [-0.25, -0.2) is 0 Å². The SMILES string of the molecule is Nc1cccc2c1CCN(C(=O)CC1CCSCC1)C2. The van der Waals surface area contributed by atoms with E-state index in [9.17, 15) is 4.79 Å². The molecule has 3 nitrogen and oxygen atoms in total. The summed E-state index contributed by atoms with van der Waals surface area (Å²) in [6.07, 6.45) is 4.04. The molecular formula is C16H22N2OS. The van der Waals surface area contributed by atoms with Gasteiger partial charge in [0.25, 0.3) is 0 Å². The summed E-state index contributed by atoms with van der Waals surface area (Å²) in [5.41, 5.74) is 9.35. The molecule has 2 N–H and O–H groups in total. The third-order valence-corrected chi connectivity index (χ3v) is 5.51. The number of nitrogens with two attached hydrogens (primary N) is 1. The number of carbonyl (C=O) groups is 1. The van der Waals surface area contributed by atoms with Crippen molar-refractivity contribution >= 4 is 23.4 Å². The normalized spacial score (nSPS) is 19.7. The van der Waals surface area contributed by atoms with E-state index in [0.29, 0.717) is 11.8 Å². The lowest BCUT2D eigenvalue weighted by Crippen LogP contribution is -2.37. The molecule has 0 atom stereocenters. The summed E-state index contributed by atoms with van der Waals surface area (Å²) in [5, 5.41) is 0. The molecule has 0 aliphatic carbocycles. The Labute approximate surface area is 124 Å². The summed E-state index contributed by atoms with van der Waals surface area (Å²) >= 11 is 2.01. The summed E-state index contributed by atoms with van der Waals surface area (Å²) < 4.78 is 0. The Morgan fingerprint density at radius 1 is 1.35 bits per heavy atom. The van der Waals surface area contributed by atoms with Gasteiger partial charge in [-0.2, -0.15) is 11.8 Å². The third kappa shape index (κ3) is 2.95. The van der Waals surface area contributed by atoms with Crippen LogP contribution in [0.1, 0.15) is 30.4 Å². The minimum Gasteiger partial charge on any atom is -0.398 e. The second kappa shape index (κ2) is 6.08. The summed E-state index contributed by atoms with van der Waals surface area (Å²) in [5.74, 6) is 3.37. The number of hydrogen-bond acceptors (Lipinski definition) is 3. The summed E-state index contributed by atoms with van der Waals surface area (Å²) in [6.45, 7) is 1.56. The van der Waals surface area contributed by atoms with Crippen LogP contribution in [0.2, 0.25) is 0 Å². The second-order valence-electron chi connectivity index (χ2n) is 5.81. The fourth-order valence-electron chi connectivity index (χ4n) is 3.18. The highest BCUT2D eigenvalue weighted by atomic mass is 32.2. The molecule has 4 heteroatoms. The zero-order valence-electron chi connectivity index (χ0n) is 11.8.